The number of amides is 3. The van der Waals surface area contributed by atoms with E-state index in [1.165, 1.54) is 6.92 Å². The molecular weight excluding hydrogens is 340 g/mol. The second kappa shape index (κ2) is 7.81. The van der Waals surface area contributed by atoms with Crippen LogP contribution in [-0.4, -0.2) is 30.1 Å². The summed E-state index contributed by atoms with van der Waals surface area (Å²) in [5, 5.41) is 4.88. The van der Waals surface area contributed by atoms with E-state index in [0.29, 0.717) is 5.39 Å². The van der Waals surface area contributed by atoms with Gasteiger partial charge < -0.3 is 14.5 Å². The Labute approximate surface area is 149 Å². The topological polar surface area (TPSA) is 115 Å². The van der Waals surface area contributed by atoms with Gasteiger partial charge in [-0.3, -0.25) is 14.9 Å². The second-order valence-corrected chi connectivity index (χ2v) is 6.14. The summed E-state index contributed by atoms with van der Waals surface area (Å²) in [5.41, 5.74) is 0.726. The lowest BCUT2D eigenvalue weighted by molar-refractivity contribution is -0.128. The molecule has 8 heteroatoms. The van der Waals surface area contributed by atoms with Crippen LogP contribution in [0, 0.1) is 6.92 Å². The molecule has 1 atom stereocenters. The van der Waals surface area contributed by atoms with Crippen molar-refractivity contribution < 1.29 is 23.5 Å². The molecule has 0 spiro atoms. The predicted octanol–water partition coefficient (Wildman–Crippen LogP) is 1.88. The summed E-state index contributed by atoms with van der Waals surface area (Å²) in [5.74, 6) is -2.09. The normalized spacial score (nSPS) is 11.9. The van der Waals surface area contributed by atoms with E-state index in [4.69, 9.17) is 9.15 Å². The molecule has 0 aliphatic rings. The molecule has 1 aromatic heterocycles. The number of urea groups is 1. The Morgan fingerprint density at radius 1 is 1.12 bits per heavy atom. The zero-order valence-corrected chi connectivity index (χ0v) is 14.9. The Morgan fingerprint density at radius 2 is 1.81 bits per heavy atom. The first-order valence-electron chi connectivity index (χ1n) is 8.04. The number of aryl methyl sites for hydroxylation is 1. The fourth-order valence-electron chi connectivity index (χ4n) is 2.15. The number of benzene rings is 1. The van der Waals surface area contributed by atoms with Crippen molar-refractivity contribution in [1.29, 1.82) is 0 Å². The summed E-state index contributed by atoms with van der Waals surface area (Å²) < 4.78 is 10.4. The van der Waals surface area contributed by atoms with E-state index in [9.17, 15) is 19.2 Å². The SMILES string of the molecule is Cc1ccc2oc(C(=O)O[C@@H](C)C(=O)NC(=O)NC(C)C)cc(=O)c2c1. The largest absolute Gasteiger partial charge is 0.449 e. The molecule has 8 nitrogen and oxygen atoms in total. The lowest BCUT2D eigenvalue weighted by Gasteiger charge is -2.14. The van der Waals surface area contributed by atoms with Crippen LogP contribution < -0.4 is 16.1 Å². The summed E-state index contributed by atoms with van der Waals surface area (Å²) in [7, 11) is 0. The average molecular weight is 360 g/mol. The van der Waals surface area contributed by atoms with E-state index in [0.717, 1.165) is 11.6 Å². The van der Waals surface area contributed by atoms with Crippen molar-refractivity contribution in [3.05, 3.63) is 45.8 Å². The number of esters is 1. The minimum absolute atomic E-state index is 0.156. The van der Waals surface area contributed by atoms with Crippen molar-refractivity contribution >= 4 is 28.9 Å². The first kappa shape index (κ1) is 19.2. The van der Waals surface area contributed by atoms with Gasteiger partial charge in [-0.15, -0.1) is 0 Å². The van der Waals surface area contributed by atoms with Crippen molar-refractivity contribution in [1.82, 2.24) is 10.6 Å². The third kappa shape index (κ3) is 4.69. The van der Waals surface area contributed by atoms with Gasteiger partial charge in [0.1, 0.15) is 5.58 Å². The lowest BCUT2D eigenvalue weighted by atomic mass is 10.1. The Hall–Kier alpha value is -3.16. The highest BCUT2D eigenvalue weighted by molar-refractivity contribution is 5.98. The van der Waals surface area contributed by atoms with Gasteiger partial charge in [-0.05, 0) is 39.8 Å². The van der Waals surface area contributed by atoms with Gasteiger partial charge in [0.25, 0.3) is 5.91 Å². The van der Waals surface area contributed by atoms with Crippen molar-refractivity contribution in [2.45, 2.75) is 39.8 Å². The van der Waals surface area contributed by atoms with E-state index >= 15 is 0 Å². The second-order valence-electron chi connectivity index (χ2n) is 6.14. The fraction of sp³-hybridized carbons (Fsp3) is 0.333. The van der Waals surface area contributed by atoms with Crippen LogP contribution in [0.5, 0.6) is 0 Å². The van der Waals surface area contributed by atoms with E-state index < -0.39 is 29.4 Å². The number of hydrogen-bond acceptors (Lipinski definition) is 6. The molecule has 0 radical (unpaired) electrons. The summed E-state index contributed by atoms with van der Waals surface area (Å²) in [6.45, 7) is 6.60. The van der Waals surface area contributed by atoms with Gasteiger partial charge in [-0.2, -0.15) is 0 Å². The van der Waals surface area contributed by atoms with E-state index in [-0.39, 0.29) is 17.4 Å². The van der Waals surface area contributed by atoms with Crippen molar-refractivity contribution in [2.75, 3.05) is 0 Å². The molecule has 0 fully saturated rings. The highest BCUT2D eigenvalue weighted by atomic mass is 16.6. The number of nitrogens with one attached hydrogen (secondary N) is 2. The number of carbonyl (C=O) groups excluding carboxylic acids is 3. The molecule has 2 rings (SSSR count). The smallest absolute Gasteiger partial charge is 0.375 e. The molecule has 1 heterocycles. The van der Waals surface area contributed by atoms with Crippen LogP contribution in [0.1, 0.15) is 36.9 Å². The predicted molar refractivity (Wildman–Crippen MR) is 93.9 cm³/mol. The van der Waals surface area contributed by atoms with Gasteiger partial charge in [0.2, 0.25) is 5.76 Å². The molecule has 26 heavy (non-hydrogen) atoms. The van der Waals surface area contributed by atoms with E-state index in [1.807, 2.05) is 6.92 Å². The monoisotopic (exact) mass is 360 g/mol. The number of hydrogen-bond donors (Lipinski definition) is 2. The Morgan fingerprint density at radius 3 is 2.46 bits per heavy atom. The standard InChI is InChI=1S/C18H20N2O6/c1-9(2)19-18(24)20-16(22)11(4)25-17(23)15-8-13(21)12-7-10(3)5-6-14(12)26-15/h5-9,11H,1-4H3,(H2,19,20,22,24)/t11-/m0/s1. The average Bonchev–Trinajstić information content (AvgIpc) is 2.54. The molecule has 3 amide bonds. The maximum Gasteiger partial charge on any atom is 0.375 e. The van der Waals surface area contributed by atoms with Gasteiger partial charge in [0.15, 0.2) is 11.5 Å². The summed E-state index contributed by atoms with van der Waals surface area (Å²) in [4.78, 5) is 47.7. The third-order valence-corrected chi connectivity index (χ3v) is 3.39. The molecule has 0 aliphatic heterocycles. The van der Waals surface area contributed by atoms with Crippen LogP contribution in [0.25, 0.3) is 11.0 Å². The summed E-state index contributed by atoms with van der Waals surface area (Å²) in [6.07, 6.45) is -1.25. The van der Waals surface area contributed by atoms with Crippen LogP contribution in [0.15, 0.2) is 33.5 Å². The van der Waals surface area contributed by atoms with Gasteiger partial charge in [-0.1, -0.05) is 11.6 Å². The van der Waals surface area contributed by atoms with Crippen LogP contribution in [0.4, 0.5) is 4.79 Å². The zero-order chi connectivity index (χ0) is 19.4. The zero-order valence-electron chi connectivity index (χ0n) is 14.9. The molecule has 0 bridgehead atoms. The first-order valence-corrected chi connectivity index (χ1v) is 8.04. The van der Waals surface area contributed by atoms with Gasteiger partial charge in [-0.25, -0.2) is 9.59 Å². The molecule has 0 saturated carbocycles. The Bertz CT molecular complexity index is 916. The van der Waals surface area contributed by atoms with Crippen molar-refractivity contribution in [2.24, 2.45) is 0 Å². The summed E-state index contributed by atoms with van der Waals surface area (Å²) in [6, 6.07) is 5.13. The fourth-order valence-corrected chi connectivity index (χ4v) is 2.15. The number of fused-ring (bicyclic) bond motifs is 1. The molecular formula is C18H20N2O6. The number of imide groups is 1. The molecule has 0 aliphatic carbocycles. The van der Waals surface area contributed by atoms with Crippen LogP contribution in [0.3, 0.4) is 0 Å². The number of ether oxygens (including phenoxy) is 1. The highest BCUT2D eigenvalue weighted by Crippen LogP contribution is 2.15. The van der Waals surface area contributed by atoms with Crippen molar-refractivity contribution in [3.8, 4) is 0 Å². The van der Waals surface area contributed by atoms with Crippen LogP contribution in [0.2, 0.25) is 0 Å². The van der Waals surface area contributed by atoms with Crippen LogP contribution in [-0.2, 0) is 9.53 Å². The van der Waals surface area contributed by atoms with E-state index in [1.54, 1.807) is 32.0 Å². The van der Waals surface area contributed by atoms with Crippen LogP contribution >= 0.6 is 0 Å². The van der Waals surface area contributed by atoms with Gasteiger partial charge >= 0.3 is 12.0 Å². The summed E-state index contributed by atoms with van der Waals surface area (Å²) >= 11 is 0. The van der Waals surface area contributed by atoms with E-state index in [2.05, 4.69) is 10.6 Å². The van der Waals surface area contributed by atoms with Gasteiger partial charge in [0.05, 0.1) is 5.39 Å². The minimum Gasteiger partial charge on any atom is -0.449 e. The maximum absolute atomic E-state index is 12.2. The Kier molecular flexibility index (Phi) is 5.76. The lowest BCUT2D eigenvalue weighted by Crippen LogP contribution is -2.46. The van der Waals surface area contributed by atoms with Crippen molar-refractivity contribution in [3.63, 3.8) is 0 Å². The molecule has 0 unspecified atom stereocenters. The van der Waals surface area contributed by atoms with Gasteiger partial charge in [0, 0.05) is 12.1 Å². The number of rotatable bonds is 4. The molecule has 2 aromatic rings. The minimum atomic E-state index is -1.25. The first-order chi connectivity index (χ1) is 12.2. The third-order valence-electron chi connectivity index (χ3n) is 3.39. The molecule has 2 N–H and O–H groups in total. The molecule has 0 saturated heterocycles. The highest BCUT2D eigenvalue weighted by Gasteiger charge is 2.23. The maximum atomic E-state index is 12.2. The quantitative estimate of drug-likeness (QED) is 0.805. The number of carbonyl (C=O) groups is 3. The molecule has 1 aromatic carbocycles. The Balaban J connectivity index is 2.10. The molecule has 138 valence electrons.